The maximum atomic E-state index is 4.51. The van der Waals surface area contributed by atoms with Gasteiger partial charge in [-0.15, -0.1) is 0 Å². The summed E-state index contributed by atoms with van der Waals surface area (Å²) in [5.74, 6) is 1.24. The van der Waals surface area contributed by atoms with Crippen LogP contribution in [0.1, 0.15) is 44.9 Å². The summed E-state index contributed by atoms with van der Waals surface area (Å²) in [4.78, 5) is 7.03. The lowest BCUT2D eigenvalue weighted by atomic mass is 10.2. The molecule has 0 unspecified atom stereocenters. The number of likely N-dealkylation sites (N-methyl/N-ethyl adjacent to an activating group) is 1. The van der Waals surface area contributed by atoms with Gasteiger partial charge in [-0.25, -0.2) is 0 Å². The Balaban J connectivity index is 1.61. The average molecular weight is 223 g/mol. The molecule has 0 saturated heterocycles. The van der Waals surface area contributed by atoms with Crippen molar-refractivity contribution in [2.45, 2.75) is 51.0 Å². The standard InChI is InChI=1S/C13H25N3/c1-16(12-6-2-3-7-12)11-10-15-13-8-4-5-9-14-13/h12H,2-11H2,1H3,(H,14,15). The minimum Gasteiger partial charge on any atom is -0.373 e. The van der Waals surface area contributed by atoms with Crippen molar-refractivity contribution in [3.05, 3.63) is 0 Å². The van der Waals surface area contributed by atoms with Crippen molar-refractivity contribution in [2.24, 2.45) is 4.99 Å². The van der Waals surface area contributed by atoms with Crippen LogP contribution in [0.3, 0.4) is 0 Å². The van der Waals surface area contributed by atoms with Gasteiger partial charge in [0.25, 0.3) is 0 Å². The minimum atomic E-state index is 0.843. The van der Waals surface area contributed by atoms with Gasteiger partial charge in [0.1, 0.15) is 0 Å². The maximum Gasteiger partial charge on any atom is 0.0963 e. The zero-order valence-electron chi connectivity index (χ0n) is 10.5. The van der Waals surface area contributed by atoms with Crippen molar-refractivity contribution in [3.8, 4) is 0 Å². The first-order chi connectivity index (χ1) is 7.86. The maximum absolute atomic E-state index is 4.51. The molecule has 0 aromatic rings. The van der Waals surface area contributed by atoms with E-state index in [1.165, 1.54) is 44.4 Å². The van der Waals surface area contributed by atoms with Crippen molar-refractivity contribution in [2.75, 3.05) is 26.7 Å². The number of amidine groups is 1. The molecule has 0 spiro atoms. The van der Waals surface area contributed by atoms with Crippen molar-refractivity contribution in [1.29, 1.82) is 0 Å². The van der Waals surface area contributed by atoms with Gasteiger partial charge in [0, 0.05) is 32.1 Å². The van der Waals surface area contributed by atoms with Gasteiger partial charge in [-0.3, -0.25) is 4.99 Å². The molecular formula is C13H25N3. The molecule has 92 valence electrons. The van der Waals surface area contributed by atoms with Gasteiger partial charge in [-0.05, 0) is 32.7 Å². The number of nitrogens with one attached hydrogen (secondary N) is 1. The highest BCUT2D eigenvalue weighted by Crippen LogP contribution is 2.21. The fraction of sp³-hybridized carbons (Fsp3) is 0.923. The van der Waals surface area contributed by atoms with E-state index in [-0.39, 0.29) is 0 Å². The normalized spacial score (nSPS) is 22.5. The number of hydrogen-bond acceptors (Lipinski definition) is 3. The van der Waals surface area contributed by atoms with E-state index in [0.717, 1.165) is 32.1 Å². The highest BCUT2D eigenvalue weighted by atomic mass is 15.1. The van der Waals surface area contributed by atoms with Crippen LogP contribution in [0.5, 0.6) is 0 Å². The molecule has 3 heteroatoms. The Bertz CT molecular complexity index is 231. The predicted molar refractivity (Wildman–Crippen MR) is 69.0 cm³/mol. The van der Waals surface area contributed by atoms with Crippen molar-refractivity contribution in [1.82, 2.24) is 10.2 Å². The molecule has 1 aliphatic carbocycles. The molecule has 0 atom stereocenters. The molecule has 0 aromatic carbocycles. The van der Waals surface area contributed by atoms with Gasteiger partial charge in [0.2, 0.25) is 0 Å². The van der Waals surface area contributed by atoms with Gasteiger partial charge >= 0.3 is 0 Å². The summed E-state index contributed by atoms with van der Waals surface area (Å²) >= 11 is 0. The summed E-state index contributed by atoms with van der Waals surface area (Å²) < 4.78 is 0. The van der Waals surface area contributed by atoms with Crippen LogP contribution in [0.2, 0.25) is 0 Å². The molecule has 1 aliphatic heterocycles. The van der Waals surface area contributed by atoms with Crippen molar-refractivity contribution >= 4 is 5.84 Å². The van der Waals surface area contributed by atoms with Gasteiger partial charge in [-0.1, -0.05) is 12.8 Å². The summed E-state index contributed by atoms with van der Waals surface area (Å²) in [5.41, 5.74) is 0. The second kappa shape index (κ2) is 6.24. The van der Waals surface area contributed by atoms with Crippen LogP contribution in [-0.2, 0) is 0 Å². The monoisotopic (exact) mass is 223 g/mol. The van der Waals surface area contributed by atoms with E-state index in [0.29, 0.717) is 0 Å². The lowest BCUT2D eigenvalue weighted by Crippen LogP contribution is -2.37. The van der Waals surface area contributed by atoms with Crippen LogP contribution >= 0.6 is 0 Å². The Labute approximate surface area is 99.3 Å². The van der Waals surface area contributed by atoms with Crippen LogP contribution in [0.4, 0.5) is 0 Å². The van der Waals surface area contributed by atoms with E-state index >= 15 is 0 Å². The van der Waals surface area contributed by atoms with E-state index in [1.807, 2.05) is 0 Å². The van der Waals surface area contributed by atoms with Crippen LogP contribution in [0.15, 0.2) is 4.99 Å². The minimum absolute atomic E-state index is 0.843. The molecule has 1 fully saturated rings. The van der Waals surface area contributed by atoms with Crippen LogP contribution in [0.25, 0.3) is 0 Å². The molecule has 1 N–H and O–H groups in total. The zero-order valence-corrected chi connectivity index (χ0v) is 10.5. The Kier molecular flexibility index (Phi) is 4.64. The molecule has 2 rings (SSSR count). The topological polar surface area (TPSA) is 27.6 Å². The van der Waals surface area contributed by atoms with Crippen LogP contribution < -0.4 is 5.32 Å². The van der Waals surface area contributed by atoms with Gasteiger partial charge in [-0.2, -0.15) is 0 Å². The third kappa shape index (κ3) is 3.48. The molecule has 1 heterocycles. The van der Waals surface area contributed by atoms with E-state index < -0.39 is 0 Å². The SMILES string of the molecule is CN(CCNC1=NCCCC1)C1CCCC1. The third-order valence-corrected chi connectivity index (χ3v) is 3.87. The number of hydrogen-bond donors (Lipinski definition) is 1. The summed E-state index contributed by atoms with van der Waals surface area (Å²) in [6.45, 7) is 3.25. The average Bonchev–Trinajstić information content (AvgIpc) is 2.84. The Morgan fingerprint density at radius 1 is 1.25 bits per heavy atom. The Hall–Kier alpha value is -0.570. The molecule has 0 aromatic heterocycles. The second-order valence-corrected chi connectivity index (χ2v) is 5.13. The van der Waals surface area contributed by atoms with Gasteiger partial charge in [0.15, 0.2) is 0 Å². The van der Waals surface area contributed by atoms with E-state index in [4.69, 9.17) is 0 Å². The summed E-state index contributed by atoms with van der Waals surface area (Å²) in [6.07, 6.45) is 9.39. The molecule has 0 bridgehead atoms. The van der Waals surface area contributed by atoms with E-state index in [1.54, 1.807) is 0 Å². The molecule has 16 heavy (non-hydrogen) atoms. The molecule has 3 nitrogen and oxygen atoms in total. The second-order valence-electron chi connectivity index (χ2n) is 5.13. The fourth-order valence-electron chi connectivity index (χ4n) is 2.75. The summed E-state index contributed by atoms with van der Waals surface area (Å²) in [6, 6.07) is 0.843. The first-order valence-electron chi connectivity index (χ1n) is 6.84. The lowest BCUT2D eigenvalue weighted by Gasteiger charge is -2.24. The zero-order chi connectivity index (χ0) is 11.2. The third-order valence-electron chi connectivity index (χ3n) is 3.87. The summed E-state index contributed by atoms with van der Waals surface area (Å²) in [5, 5.41) is 3.48. The molecule has 0 amide bonds. The first-order valence-corrected chi connectivity index (χ1v) is 6.84. The van der Waals surface area contributed by atoms with Crippen LogP contribution in [-0.4, -0.2) is 43.5 Å². The fourth-order valence-corrected chi connectivity index (χ4v) is 2.75. The quantitative estimate of drug-likeness (QED) is 0.790. The number of rotatable bonds is 4. The van der Waals surface area contributed by atoms with Gasteiger partial charge < -0.3 is 10.2 Å². The highest BCUT2D eigenvalue weighted by molar-refractivity contribution is 5.82. The summed E-state index contributed by atoms with van der Waals surface area (Å²) in [7, 11) is 2.26. The Morgan fingerprint density at radius 2 is 2.06 bits per heavy atom. The molecule has 1 saturated carbocycles. The van der Waals surface area contributed by atoms with E-state index in [2.05, 4.69) is 22.3 Å². The largest absolute Gasteiger partial charge is 0.373 e. The lowest BCUT2D eigenvalue weighted by molar-refractivity contribution is 0.249. The van der Waals surface area contributed by atoms with E-state index in [9.17, 15) is 0 Å². The van der Waals surface area contributed by atoms with Crippen molar-refractivity contribution in [3.63, 3.8) is 0 Å². The van der Waals surface area contributed by atoms with Crippen molar-refractivity contribution < 1.29 is 0 Å². The van der Waals surface area contributed by atoms with Crippen LogP contribution in [0, 0.1) is 0 Å². The Morgan fingerprint density at radius 3 is 2.75 bits per heavy atom. The first kappa shape index (κ1) is 11.9. The smallest absolute Gasteiger partial charge is 0.0963 e. The number of aliphatic imine (C=N–C) groups is 1. The number of nitrogens with zero attached hydrogens (tertiary/aromatic N) is 2. The van der Waals surface area contributed by atoms with Gasteiger partial charge in [0.05, 0.1) is 5.84 Å². The molecule has 2 aliphatic rings. The predicted octanol–water partition coefficient (Wildman–Crippen LogP) is 2.03. The highest BCUT2D eigenvalue weighted by Gasteiger charge is 2.18. The molecular weight excluding hydrogens is 198 g/mol. The molecule has 0 radical (unpaired) electrons.